The van der Waals surface area contributed by atoms with E-state index in [1.807, 2.05) is 37.3 Å². The Hall–Kier alpha value is -1.54. The van der Waals surface area contributed by atoms with Crippen molar-refractivity contribution in [3.05, 3.63) is 58.4 Å². The maximum atomic E-state index is 6.24. The Kier molecular flexibility index (Phi) is 4.34. The number of ether oxygens (including phenoxy) is 1. The SMILES string of the molecule is Cc1cc(OCc2ccccn2)c(C(C)(C)C)cc1Cl. The van der Waals surface area contributed by atoms with Gasteiger partial charge in [0.25, 0.3) is 0 Å². The average Bonchev–Trinajstić information content (AvgIpc) is 2.39. The molecule has 2 aromatic rings. The van der Waals surface area contributed by atoms with E-state index in [9.17, 15) is 0 Å². The second-order valence-corrected chi connectivity index (χ2v) is 6.36. The summed E-state index contributed by atoms with van der Waals surface area (Å²) in [5.74, 6) is 0.880. The van der Waals surface area contributed by atoms with Crippen LogP contribution in [0.15, 0.2) is 36.5 Å². The van der Waals surface area contributed by atoms with Crippen LogP contribution in [0.1, 0.15) is 37.6 Å². The molecular weight excluding hydrogens is 270 g/mol. The Balaban J connectivity index is 2.28. The van der Waals surface area contributed by atoms with E-state index in [-0.39, 0.29) is 5.41 Å². The third-order valence-corrected chi connectivity index (χ3v) is 3.58. The molecule has 0 atom stereocenters. The van der Waals surface area contributed by atoms with Crippen LogP contribution in [0.3, 0.4) is 0 Å². The van der Waals surface area contributed by atoms with Crippen molar-refractivity contribution in [1.82, 2.24) is 4.98 Å². The second kappa shape index (κ2) is 5.84. The standard InChI is InChI=1S/C17H20ClNO/c1-12-9-16(14(10-15(12)18)17(2,3)4)20-11-13-7-5-6-8-19-13/h5-10H,11H2,1-4H3. The van der Waals surface area contributed by atoms with Crippen LogP contribution < -0.4 is 4.74 Å². The number of halogens is 1. The first-order valence-corrected chi connectivity index (χ1v) is 7.09. The zero-order valence-electron chi connectivity index (χ0n) is 12.4. The Morgan fingerprint density at radius 2 is 1.95 bits per heavy atom. The third kappa shape index (κ3) is 3.51. The number of nitrogens with zero attached hydrogens (tertiary/aromatic N) is 1. The molecule has 1 aromatic carbocycles. The van der Waals surface area contributed by atoms with E-state index in [1.165, 1.54) is 0 Å². The first-order chi connectivity index (χ1) is 9.38. The molecule has 3 heteroatoms. The highest BCUT2D eigenvalue weighted by Crippen LogP contribution is 2.35. The van der Waals surface area contributed by atoms with Crippen molar-refractivity contribution in [1.29, 1.82) is 0 Å². The van der Waals surface area contributed by atoms with Gasteiger partial charge in [0, 0.05) is 16.8 Å². The monoisotopic (exact) mass is 289 g/mol. The van der Waals surface area contributed by atoms with Gasteiger partial charge in [0.1, 0.15) is 12.4 Å². The van der Waals surface area contributed by atoms with E-state index < -0.39 is 0 Å². The lowest BCUT2D eigenvalue weighted by Crippen LogP contribution is -2.14. The fraction of sp³-hybridized carbons (Fsp3) is 0.353. The molecule has 1 aromatic heterocycles. The number of aromatic nitrogens is 1. The van der Waals surface area contributed by atoms with Crippen molar-refractivity contribution < 1.29 is 4.74 Å². The molecule has 1 heterocycles. The molecule has 2 rings (SSSR count). The van der Waals surface area contributed by atoms with E-state index in [0.717, 1.165) is 27.6 Å². The van der Waals surface area contributed by atoms with Crippen LogP contribution in [0.4, 0.5) is 0 Å². The minimum absolute atomic E-state index is 0.0171. The summed E-state index contributed by atoms with van der Waals surface area (Å²) < 4.78 is 5.96. The highest BCUT2D eigenvalue weighted by atomic mass is 35.5. The molecule has 0 unspecified atom stereocenters. The lowest BCUT2D eigenvalue weighted by molar-refractivity contribution is 0.293. The van der Waals surface area contributed by atoms with Crippen LogP contribution >= 0.6 is 11.6 Å². The van der Waals surface area contributed by atoms with Gasteiger partial charge in [-0.05, 0) is 42.2 Å². The molecule has 0 amide bonds. The average molecular weight is 290 g/mol. The Labute approximate surface area is 125 Å². The van der Waals surface area contributed by atoms with Crippen molar-refractivity contribution >= 4 is 11.6 Å². The number of hydrogen-bond acceptors (Lipinski definition) is 2. The molecule has 20 heavy (non-hydrogen) atoms. The fourth-order valence-corrected chi connectivity index (χ4v) is 2.16. The molecule has 106 valence electrons. The number of benzene rings is 1. The molecule has 0 aliphatic rings. The summed E-state index contributed by atoms with van der Waals surface area (Å²) in [6.07, 6.45) is 1.77. The summed E-state index contributed by atoms with van der Waals surface area (Å²) in [6.45, 7) is 8.91. The van der Waals surface area contributed by atoms with Crippen molar-refractivity contribution in [3.8, 4) is 5.75 Å². The number of pyridine rings is 1. The van der Waals surface area contributed by atoms with E-state index in [2.05, 4.69) is 25.8 Å². The van der Waals surface area contributed by atoms with Gasteiger partial charge in [0.2, 0.25) is 0 Å². The van der Waals surface area contributed by atoms with Crippen LogP contribution in [-0.2, 0) is 12.0 Å². The first-order valence-electron chi connectivity index (χ1n) is 6.71. The summed E-state index contributed by atoms with van der Waals surface area (Å²) in [5, 5.41) is 0.778. The molecule has 0 N–H and O–H groups in total. The Morgan fingerprint density at radius 1 is 1.20 bits per heavy atom. The normalized spacial score (nSPS) is 11.4. The van der Waals surface area contributed by atoms with Crippen molar-refractivity contribution in [2.24, 2.45) is 0 Å². The van der Waals surface area contributed by atoms with Gasteiger partial charge < -0.3 is 4.74 Å². The zero-order valence-corrected chi connectivity index (χ0v) is 13.2. The van der Waals surface area contributed by atoms with Crippen molar-refractivity contribution in [2.45, 2.75) is 39.7 Å². The third-order valence-electron chi connectivity index (χ3n) is 3.17. The highest BCUT2D eigenvalue weighted by molar-refractivity contribution is 6.31. The van der Waals surface area contributed by atoms with Gasteiger partial charge in [-0.2, -0.15) is 0 Å². The predicted molar refractivity (Wildman–Crippen MR) is 83.5 cm³/mol. The molecule has 0 aliphatic heterocycles. The Bertz CT molecular complexity index is 588. The van der Waals surface area contributed by atoms with Crippen LogP contribution in [-0.4, -0.2) is 4.98 Å². The number of rotatable bonds is 3. The molecular formula is C17H20ClNO. The summed E-state index contributed by atoms with van der Waals surface area (Å²) in [7, 11) is 0. The summed E-state index contributed by atoms with van der Waals surface area (Å²) in [6, 6.07) is 9.83. The molecule has 0 bridgehead atoms. The van der Waals surface area contributed by atoms with E-state index in [4.69, 9.17) is 16.3 Å². The van der Waals surface area contributed by atoms with Crippen molar-refractivity contribution in [3.63, 3.8) is 0 Å². The van der Waals surface area contributed by atoms with Gasteiger partial charge in [-0.25, -0.2) is 0 Å². The van der Waals surface area contributed by atoms with Gasteiger partial charge in [0.15, 0.2) is 0 Å². The highest BCUT2D eigenvalue weighted by Gasteiger charge is 2.20. The maximum absolute atomic E-state index is 6.24. The second-order valence-electron chi connectivity index (χ2n) is 5.96. The van der Waals surface area contributed by atoms with Gasteiger partial charge in [0.05, 0.1) is 5.69 Å². The van der Waals surface area contributed by atoms with Crippen molar-refractivity contribution in [2.75, 3.05) is 0 Å². The zero-order chi connectivity index (χ0) is 14.8. The summed E-state index contributed by atoms with van der Waals surface area (Å²) in [4.78, 5) is 4.27. The predicted octanol–water partition coefficient (Wildman–Crippen LogP) is 4.92. The minimum atomic E-state index is -0.0171. The minimum Gasteiger partial charge on any atom is -0.487 e. The molecule has 0 fully saturated rings. The lowest BCUT2D eigenvalue weighted by Gasteiger charge is -2.24. The summed E-state index contributed by atoms with van der Waals surface area (Å²) >= 11 is 6.24. The number of hydrogen-bond donors (Lipinski definition) is 0. The topological polar surface area (TPSA) is 22.1 Å². The lowest BCUT2D eigenvalue weighted by atomic mass is 9.86. The molecule has 0 saturated carbocycles. The number of aryl methyl sites for hydroxylation is 1. The van der Waals surface area contributed by atoms with Crippen LogP contribution in [0.25, 0.3) is 0 Å². The van der Waals surface area contributed by atoms with Crippen LogP contribution in [0, 0.1) is 6.92 Å². The molecule has 0 radical (unpaired) electrons. The quantitative estimate of drug-likeness (QED) is 0.800. The van der Waals surface area contributed by atoms with Gasteiger partial charge in [-0.15, -0.1) is 0 Å². The van der Waals surface area contributed by atoms with Gasteiger partial charge in [-0.3, -0.25) is 4.98 Å². The fourth-order valence-electron chi connectivity index (χ4n) is 2.00. The van der Waals surface area contributed by atoms with E-state index in [0.29, 0.717) is 6.61 Å². The van der Waals surface area contributed by atoms with Crippen LogP contribution in [0.5, 0.6) is 5.75 Å². The van der Waals surface area contributed by atoms with E-state index in [1.54, 1.807) is 6.20 Å². The largest absolute Gasteiger partial charge is 0.487 e. The maximum Gasteiger partial charge on any atom is 0.130 e. The molecule has 0 spiro atoms. The smallest absolute Gasteiger partial charge is 0.130 e. The van der Waals surface area contributed by atoms with Gasteiger partial charge >= 0.3 is 0 Å². The van der Waals surface area contributed by atoms with Crippen LogP contribution in [0.2, 0.25) is 5.02 Å². The Morgan fingerprint density at radius 3 is 2.55 bits per heavy atom. The molecule has 0 saturated heterocycles. The molecule has 0 aliphatic carbocycles. The first kappa shape index (κ1) is 14.9. The summed E-state index contributed by atoms with van der Waals surface area (Å²) in [5.41, 5.74) is 3.04. The van der Waals surface area contributed by atoms with Gasteiger partial charge in [-0.1, -0.05) is 38.4 Å². The molecule has 2 nitrogen and oxygen atoms in total. The van der Waals surface area contributed by atoms with E-state index >= 15 is 0 Å².